The molecule has 1 atom stereocenters. The van der Waals surface area contributed by atoms with Crippen LogP contribution in [-0.2, 0) is 14.3 Å². The minimum Gasteiger partial charge on any atom is -0.465 e. The molecular formula is C31H32ClN3O5. The van der Waals surface area contributed by atoms with Crippen LogP contribution in [0.15, 0.2) is 72.8 Å². The highest BCUT2D eigenvalue weighted by Gasteiger charge is 2.34. The van der Waals surface area contributed by atoms with E-state index in [1.807, 2.05) is 41.0 Å². The van der Waals surface area contributed by atoms with Crippen LogP contribution in [0.4, 0.5) is 5.69 Å². The quantitative estimate of drug-likeness (QED) is 0.260. The van der Waals surface area contributed by atoms with Gasteiger partial charge in [-0.3, -0.25) is 4.79 Å². The molecule has 0 radical (unpaired) electrons. The Labute approximate surface area is 239 Å². The number of carbonyl (C=O) groups is 3. The smallest absolute Gasteiger partial charge is 0.337 e. The molecule has 0 spiro atoms. The Kier molecular flexibility index (Phi) is 9.22. The number of esters is 2. The van der Waals surface area contributed by atoms with Gasteiger partial charge in [-0.25, -0.2) is 14.6 Å². The van der Waals surface area contributed by atoms with Gasteiger partial charge in [0.2, 0.25) is 5.91 Å². The maximum Gasteiger partial charge on any atom is 0.337 e. The second-order valence-corrected chi connectivity index (χ2v) is 9.77. The molecule has 1 heterocycles. The van der Waals surface area contributed by atoms with Crippen molar-refractivity contribution in [2.75, 3.05) is 19.5 Å². The van der Waals surface area contributed by atoms with Gasteiger partial charge < -0.3 is 19.4 Å². The number of anilines is 1. The molecule has 40 heavy (non-hydrogen) atoms. The number of benzene rings is 3. The number of rotatable bonds is 7. The van der Waals surface area contributed by atoms with Gasteiger partial charge in [0.1, 0.15) is 11.9 Å². The highest BCUT2D eigenvalue weighted by atomic mass is 35.5. The molecule has 1 saturated carbocycles. The fraction of sp³-hybridized carbons (Fsp3) is 0.290. The minimum absolute atomic E-state index is 0. The van der Waals surface area contributed by atoms with Crippen LogP contribution in [-0.4, -0.2) is 41.6 Å². The fourth-order valence-electron chi connectivity index (χ4n) is 5.45. The molecule has 9 heteroatoms. The molecule has 1 aliphatic carbocycles. The van der Waals surface area contributed by atoms with E-state index in [0.29, 0.717) is 22.6 Å². The van der Waals surface area contributed by atoms with E-state index in [1.165, 1.54) is 14.2 Å². The zero-order valence-corrected chi connectivity index (χ0v) is 23.3. The standard InChI is InChI=1S/C31H31N3O5.ClH/c1-38-30(36)22-17-15-21(16-18-22)28-33-25-13-6-7-14-26(25)34(28)27(20-9-4-3-5-10-20)29(35)32-24-12-8-11-23(19-24)31(37)39-2;/h6-8,11-20,27H,3-5,9-10H2,1-2H3,(H,32,35);1H. The molecule has 0 aliphatic heterocycles. The summed E-state index contributed by atoms with van der Waals surface area (Å²) in [5.74, 6) is -0.286. The zero-order chi connectivity index (χ0) is 27.4. The number of imidazole rings is 1. The summed E-state index contributed by atoms with van der Waals surface area (Å²) in [6.45, 7) is 0. The second-order valence-electron chi connectivity index (χ2n) is 9.77. The lowest BCUT2D eigenvalue weighted by Gasteiger charge is -2.32. The SMILES string of the molecule is COC(=O)c1ccc(-c2nc3ccccc3n2C(C(=O)Nc2cccc(C(=O)OC)c2)C2CCCCC2)cc1.Cl. The van der Waals surface area contributed by atoms with E-state index >= 15 is 0 Å². The van der Waals surface area contributed by atoms with E-state index in [9.17, 15) is 14.4 Å². The number of aromatic nitrogens is 2. The van der Waals surface area contributed by atoms with Crippen LogP contribution >= 0.6 is 12.4 Å². The number of hydrogen-bond donors (Lipinski definition) is 1. The molecule has 1 aromatic heterocycles. The third kappa shape index (κ3) is 5.87. The molecule has 3 aromatic carbocycles. The maximum atomic E-state index is 14.1. The molecule has 1 unspecified atom stereocenters. The Morgan fingerprint density at radius 1 is 0.850 bits per heavy atom. The van der Waals surface area contributed by atoms with Crippen LogP contribution in [0.3, 0.4) is 0 Å². The Bertz CT molecular complexity index is 1510. The number of para-hydroxylation sites is 2. The first kappa shape index (κ1) is 28.8. The van der Waals surface area contributed by atoms with Crippen molar-refractivity contribution in [2.45, 2.75) is 38.1 Å². The number of fused-ring (bicyclic) bond motifs is 1. The Morgan fingerprint density at radius 2 is 1.52 bits per heavy atom. The molecular weight excluding hydrogens is 530 g/mol. The first-order valence-electron chi connectivity index (χ1n) is 13.1. The zero-order valence-electron chi connectivity index (χ0n) is 22.5. The Balaban J connectivity index is 0.00000370. The predicted octanol–water partition coefficient (Wildman–Crippen LogP) is 6.46. The van der Waals surface area contributed by atoms with Crippen molar-refractivity contribution < 1.29 is 23.9 Å². The molecule has 0 bridgehead atoms. The van der Waals surface area contributed by atoms with Crippen molar-refractivity contribution in [1.29, 1.82) is 0 Å². The molecule has 1 fully saturated rings. The molecule has 4 aromatic rings. The summed E-state index contributed by atoms with van der Waals surface area (Å²) in [5, 5.41) is 3.07. The third-order valence-corrected chi connectivity index (χ3v) is 7.35. The van der Waals surface area contributed by atoms with Crippen LogP contribution in [0.2, 0.25) is 0 Å². The summed E-state index contributed by atoms with van der Waals surface area (Å²) in [5.41, 5.74) is 3.77. The third-order valence-electron chi connectivity index (χ3n) is 7.35. The first-order valence-corrected chi connectivity index (χ1v) is 13.1. The topological polar surface area (TPSA) is 99.5 Å². The minimum atomic E-state index is -0.533. The van der Waals surface area contributed by atoms with Gasteiger partial charge in [-0.15, -0.1) is 12.4 Å². The molecule has 1 aliphatic rings. The van der Waals surface area contributed by atoms with Gasteiger partial charge in [-0.2, -0.15) is 0 Å². The maximum absolute atomic E-state index is 14.1. The van der Waals surface area contributed by atoms with Gasteiger partial charge in [-0.05, 0) is 61.2 Å². The molecule has 1 N–H and O–H groups in total. The highest BCUT2D eigenvalue weighted by molar-refractivity contribution is 5.98. The number of carbonyl (C=O) groups excluding carboxylic acids is 3. The first-order chi connectivity index (χ1) is 19.0. The van der Waals surface area contributed by atoms with E-state index in [0.717, 1.165) is 48.7 Å². The van der Waals surface area contributed by atoms with E-state index in [-0.39, 0.29) is 24.2 Å². The fourth-order valence-corrected chi connectivity index (χ4v) is 5.45. The van der Waals surface area contributed by atoms with Crippen LogP contribution in [0.5, 0.6) is 0 Å². The summed E-state index contributed by atoms with van der Waals surface area (Å²) in [6, 6.07) is 21.1. The van der Waals surface area contributed by atoms with E-state index in [4.69, 9.17) is 14.5 Å². The van der Waals surface area contributed by atoms with Gasteiger partial charge in [0, 0.05) is 11.3 Å². The van der Waals surface area contributed by atoms with E-state index in [1.54, 1.807) is 36.4 Å². The number of amides is 1. The lowest BCUT2D eigenvalue weighted by molar-refractivity contribution is -0.121. The van der Waals surface area contributed by atoms with Gasteiger partial charge >= 0.3 is 11.9 Å². The number of methoxy groups -OCH3 is 2. The number of nitrogens with zero attached hydrogens (tertiary/aromatic N) is 2. The lowest BCUT2D eigenvalue weighted by Crippen LogP contribution is -2.33. The largest absolute Gasteiger partial charge is 0.465 e. The monoisotopic (exact) mass is 561 g/mol. The van der Waals surface area contributed by atoms with Crippen LogP contribution in [0, 0.1) is 5.92 Å². The van der Waals surface area contributed by atoms with E-state index < -0.39 is 18.0 Å². The number of ether oxygens (including phenoxy) is 2. The summed E-state index contributed by atoms with van der Waals surface area (Å²) in [7, 11) is 2.68. The average Bonchev–Trinajstić information content (AvgIpc) is 3.36. The van der Waals surface area contributed by atoms with Gasteiger partial charge in [0.05, 0.1) is 36.4 Å². The van der Waals surface area contributed by atoms with E-state index in [2.05, 4.69) is 5.32 Å². The van der Waals surface area contributed by atoms with Crippen LogP contribution in [0.1, 0.15) is 58.9 Å². The molecule has 208 valence electrons. The van der Waals surface area contributed by atoms with Crippen molar-refractivity contribution >= 4 is 47.0 Å². The van der Waals surface area contributed by atoms with Crippen molar-refractivity contribution in [1.82, 2.24) is 9.55 Å². The normalized spacial score (nSPS) is 14.2. The van der Waals surface area contributed by atoms with Gasteiger partial charge in [0.15, 0.2) is 0 Å². The number of nitrogens with one attached hydrogen (secondary N) is 1. The number of hydrogen-bond acceptors (Lipinski definition) is 6. The molecule has 8 nitrogen and oxygen atoms in total. The number of halogens is 1. The summed E-state index contributed by atoms with van der Waals surface area (Å²) >= 11 is 0. The molecule has 5 rings (SSSR count). The van der Waals surface area contributed by atoms with Crippen molar-refractivity contribution in [3.8, 4) is 11.4 Å². The summed E-state index contributed by atoms with van der Waals surface area (Å²) in [4.78, 5) is 43.2. The highest BCUT2D eigenvalue weighted by Crippen LogP contribution is 2.39. The van der Waals surface area contributed by atoms with Gasteiger partial charge in [-0.1, -0.05) is 49.6 Å². The Morgan fingerprint density at radius 3 is 2.23 bits per heavy atom. The van der Waals surface area contributed by atoms with Crippen LogP contribution in [0.25, 0.3) is 22.4 Å². The Hall–Kier alpha value is -4.17. The summed E-state index contributed by atoms with van der Waals surface area (Å²) in [6.07, 6.45) is 5.11. The van der Waals surface area contributed by atoms with Crippen molar-refractivity contribution in [3.63, 3.8) is 0 Å². The second kappa shape index (κ2) is 12.8. The average molecular weight is 562 g/mol. The van der Waals surface area contributed by atoms with Crippen LogP contribution < -0.4 is 5.32 Å². The van der Waals surface area contributed by atoms with Crippen molar-refractivity contribution in [2.24, 2.45) is 5.92 Å². The predicted molar refractivity (Wildman–Crippen MR) is 156 cm³/mol. The summed E-state index contributed by atoms with van der Waals surface area (Å²) < 4.78 is 11.7. The lowest BCUT2D eigenvalue weighted by atomic mass is 9.83. The van der Waals surface area contributed by atoms with Gasteiger partial charge in [0.25, 0.3) is 0 Å². The molecule has 1 amide bonds. The molecule has 0 saturated heterocycles. The van der Waals surface area contributed by atoms with Crippen molar-refractivity contribution in [3.05, 3.63) is 83.9 Å².